The molecule has 3 rings (SSSR count). The molecule has 0 aromatic heterocycles. The minimum Gasteiger partial charge on any atom is -0.496 e. The van der Waals surface area contributed by atoms with Gasteiger partial charge in [0.15, 0.2) is 0 Å². The fourth-order valence-corrected chi connectivity index (χ4v) is 4.13. The van der Waals surface area contributed by atoms with Crippen molar-refractivity contribution in [2.75, 3.05) is 13.7 Å². The summed E-state index contributed by atoms with van der Waals surface area (Å²) in [6.07, 6.45) is 1.49. The average molecular weight is 364 g/mol. The fourth-order valence-electron chi connectivity index (χ4n) is 4.13. The lowest BCUT2D eigenvalue weighted by Crippen LogP contribution is -2.51. The molecule has 26 heavy (non-hydrogen) atoms. The Labute approximate surface area is 154 Å². The van der Waals surface area contributed by atoms with E-state index in [1.54, 1.807) is 33.1 Å². The number of ether oxygens (including phenoxy) is 3. The van der Waals surface area contributed by atoms with Gasteiger partial charge in [0.05, 0.1) is 25.4 Å². The van der Waals surface area contributed by atoms with Crippen LogP contribution in [0.25, 0.3) is 0 Å². The van der Waals surface area contributed by atoms with E-state index in [4.69, 9.17) is 14.2 Å². The van der Waals surface area contributed by atoms with E-state index < -0.39 is 23.3 Å². The molecule has 1 fully saturated rings. The summed E-state index contributed by atoms with van der Waals surface area (Å²) in [6, 6.07) is 3.43. The molecule has 0 amide bonds. The van der Waals surface area contributed by atoms with Crippen LogP contribution in [0, 0.1) is 5.92 Å². The molecule has 1 aromatic rings. The lowest BCUT2D eigenvalue weighted by molar-refractivity contribution is -0.121. The van der Waals surface area contributed by atoms with Crippen molar-refractivity contribution in [2.45, 2.75) is 63.8 Å². The van der Waals surface area contributed by atoms with E-state index >= 15 is 0 Å². The lowest BCUT2D eigenvalue weighted by atomic mass is 9.70. The van der Waals surface area contributed by atoms with Crippen LogP contribution in [0.3, 0.4) is 0 Å². The molecular formula is C20H28O6. The van der Waals surface area contributed by atoms with Crippen LogP contribution in [0.5, 0.6) is 11.5 Å². The molecule has 4 atom stereocenters. The zero-order valence-corrected chi connectivity index (χ0v) is 15.9. The van der Waals surface area contributed by atoms with Crippen LogP contribution in [-0.4, -0.2) is 47.2 Å². The summed E-state index contributed by atoms with van der Waals surface area (Å²) in [5.74, 6) is 0.837. The van der Waals surface area contributed by atoms with E-state index in [2.05, 4.69) is 0 Å². The van der Waals surface area contributed by atoms with E-state index in [0.717, 1.165) is 12.0 Å². The van der Waals surface area contributed by atoms with Gasteiger partial charge in [0.1, 0.15) is 22.7 Å². The molecule has 6 heteroatoms. The Morgan fingerprint density at radius 1 is 1.38 bits per heavy atom. The van der Waals surface area contributed by atoms with Crippen LogP contribution in [0.15, 0.2) is 12.1 Å². The molecular weight excluding hydrogens is 336 g/mol. The third-order valence-corrected chi connectivity index (χ3v) is 5.88. The maximum absolute atomic E-state index is 12.3. The number of hydrogen-bond donors (Lipinski definition) is 2. The maximum Gasteiger partial charge on any atom is 0.341 e. The van der Waals surface area contributed by atoms with Gasteiger partial charge in [-0.25, -0.2) is 4.79 Å². The van der Waals surface area contributed by atoms with Gasteiger partial charge >= 0.3 is 5.97 Å². The fraction of sp³-hybridized carbons (Fsp3) is 0.650. The molecule has 0 bridgehead atoms. The van der Waals surface area contributed by atoms with Gasteiger partial charge in [0, 0.05) is 17.9 Å². The molecule has 2 N–H and O–H groups in total. The number of carbonyl (C=O) groups excluding carboxylic acids is 1. The van der Waals surface area contributed by atoms with E-state index in [1.165, 1.54) is 0 Å². The second kappa shape index (κ2) is 6.74. The van der Waals surface area contributed by atoms with E-state index in [9.17, 15) is 15.0 Å². The highest BCUT2D eigenvalue weighted by Gasteiger charge is 2.49. The molecule has 144 valence electrons. The highest BCUT2D eigenvalue weighted by molar-refractivity contribution is 5.94. The predicted molar refractivity (Wildman–Crippen MR) is 95.7 cm³/mol. The van der Waals surface area contributed by atoms with Gasteiger partial charge in [-0.15, -0.1) is 0 Å². The Morgan fingerprint density at radius 3 is 2.73 bits per heavy atom. The SMILES string of the molecule is CCOC(=O)c1ccc(OC)c2c1OC(C)([C@@H]1CC[C@](C)(O)[C@H](O)C1)C2. The molecule has 0 saturated heterocycles. The summed E-state index contributed by atoms with van der Waals surface area (Å²) in [7, 11) is 1.59. The maximum atomic E-state index is 12.3. The Balaban J connectivity index is 1.91. The van der Waals surface area contributed by atoms with E-state index in [0.29, 0.717) is 42.9 Å². The van der Waals surface area contributed by atoms with Crippen molar-refractivity contribution in [3.05, 3.63) is 23.3 Å². The molecule has 1 saturated carbocycles. The second-order valence-electron chi connectivity index (χ2n) is 7.78. The molecule has 2 aliphatic rings. The lowest BCUT2D eigenvalue weighted by Gasteiger charge is -2.43. The van der Waals surface area contributed by atoms with Gasteiger partial charge in [0.25, 0.3) is 0 Å². The standard InChI is InChI=1S/C20H28O6/c1-5-25-18(22)13-6-7-15(24-4)14-11-20(3,26-17(13)14)12-8-9-19(2,23)16(21)10-12/h6-7,12,16,21,23H,5,8-11H2,1-4H3/t12-,16-,19+,20?/m1/s1. The monoisotopic (exact) mass is 364 g/mol. The zero-order chi connectivity index (χ0) is 19.1. The molecule has 1 aliphatic heterocycles. The van der Waals surface area contributed by atoms with Crippen LogP contribution in [0.1, 0.15) is 56.0 Å². The largest absolute Gasteiger partial charge is 0.496 e. The van der Waals surface area contributed by atoms with Crippen LogP contribution in [-0.2, 0) is 11.2 Å². The number of carbonyl (C=O) groups is 1. The Hall–Kier alpha value is -1.79. The molecule has 1 aliphatic carbocycles. The summed E-state index contributed by atoms with van der Waals surface area (Å²) in [6.45, 7) is 5.73. The van der Waals surface area contributed by atoms with Gasteiger partial charge in [-0.05, 0) is 52.2 Å². The summed E-state index contributed by atoms with van der Waals surface area (Å²) in [5, 5.41) is 20.6. The van der Waals surface area contributed by atoms with Crippen molar-refractivity contribution in [1.29, 1.82) is 0 Å². The van der Waals surface area contributed by atoms with E-state index in [-0.39, 0.29) is 5.92 Å². The highest BCUT2D eigenvalue weighted by Crippen LogP contribution is 2.49. The summed E-state index contributed by atoms with van der Waals surface area (Å²) in [5.41, 5.74) is -0.385. The number of aliphatic hydroxyl groups is 2. The van der Waals surface area contributed by atoms with Crippen LogP contribution >= 0.6 is 0 Å². The van der Waals surface area contributed by atoms with Crippen molar-refractivity contribution in [1.82, 2.24) is 0 Å². The van der Waals surface area contributed by atoms with Crippen molar-refractivity contribution in [3.63, 3.8) is 0 Å². The number of esters is 1. The molecule has 6 nitrogen and oxygen atoms in total. The van der Waals surface area contributed by atoms with Gasteiger partial charge in [-0.2, -0.15) is 0 Å². The first-order valence-corrected chi connectivity index (χ1v) is 9.18. The Morgan fingerprint density at radius 2 is 2.12 bits per heavy atom. The van der Waals surface area contributed by atoms with Gasteiger partial charge in [-0.1, -0.05) is 0 Å². The third-order valence-electron chi connectivity index (χ3n) is 5.88. The first kappa shape index (κ1) is 19.0. The molecule has 1 heterocycles. The number of fused-ring (bicyclic) bond motifs is 1. The van der Waals surface area contributed by atoms with Crippen molar-refractivity contribution < 1.29 is 29.2 Å². The molecule has 0 radical (unpaired) electrons. The molecule has 1 unspecified atom stereocenters. The Kier molecular flexibility index (Phi) is 4.92. The van der Waals surface area contributed by atoms with Gasteiger partial charge < -0.3 is 24.4 Å². The first-order chi connectivity index (χ1) is 12.2. The first-order valence-electron chi connectivity index (χ1n) is 9.18. The zero-order valence-electron chi connectivity index (χ0n) is 15.9. The number of aliphatic hydroxyl groups excluding tert-OH is 1. The number of hydrogen-bond acceptors (Lipinski definition) is 6. The van der Waals surface area contributed by atoms with Gasteiger partial charge in [-0.3, -0.25) is 0 Å². The number of methoxy groups -OCH3 is 1. The highest BCUT2D eigenvalue weighted by atomic mass is 16.5. The van der Waals surface area contributed by atoms with Crippen LogP contribution in [0.4, 0.5) is 0 Å². The second-order valence-corrected chi connectivity index (χ2v) is 7.78. The normalized spacial score (nSPS) is 33.3. The van der Waals surface area contributed by atoms with Crippen molar-refractivity contribution in [2.24, 2.45) is 5.92 Å². The minimum atomic E-state index is -1.06. The van der Waals surface area contributed by atoms with E-state index in [1.807, 2.05) is 6.92 Å². The topological polar surface area (TPSA) is 85.2 Å². The quantitative estimate of drug-likeness (QED) is 0.799. The predicted octanol–water partition coefficient (Wildman–Crippen LogP) is 2.48. The van der Waals surface area contributed by atoms with Crippen molar-refractivity contribution >= 4 is 5.97 Å². The molecule has 1 aromatic carbocycles. The van der Waals surface area contributed by atoms with Crippen molar-refractivity contribution in [3.8, 4) is 11.5 Å². The van der Waals surface area contributed by atoms with Gasteiger partial charge in [0.2, 0.25) is 0 Å². The number of rotatable bonds is 4. The molecule has 0 spiro atoms. The smallest absolute Gasteiger partial charge is 0.341 e. The van der Waals surface area contributed by atoms with Crippen LogP contribution in [0.2, 0.25) is 0 Å². The average Bonchev–Trinajstić information content (AvgIpc) is 2.95. The van der Waals surface area contributed by atoms with Crippen LogP contribution < -0.4 is 9.47 Å². The summed E-state index contributed by atoms with van der Waals surface area (Å²) in [4.78, 5) is 12.3. The Bertz CT molecular complexity index is 698. The summed E-state index contributed by atoms with van der Waals surface area (Å²) < 4.78 is 16.9. The minimum absolute atomic E-state index is 0.0601. The third kappa shape index (κ3) is 3.16. The number of benzene rings is 1. The summed E-state index contributed by atoms with van der Waals surface area (Å²) >= 11 is 0.